The molecule has 680 valence electrons. The maximum atomic E-state index is 3.53. The molecule has 4 heterocycles. The second-order valence-corrected chi connectivity index (χ2v) is 41.7. The fourth-order valence-electron chi connectivity index (χ4n) is 21.0. The van der Waals surface area contributed by atoms with E-state index in [1.165, 1.54) is 235 Å². The van der Waals surface area contributed by atoms with Crippen molar-refractivity contribution in [3.63, 3.8) is 0 Å². The summed E-state index contributed by atoms with van der Waals surface area (Å²) in [5.41, 5.74) is 30.1. The van der Waals surface area contributed by atoms with Gasteiger partial charge in [0.1, 0.15) is 0 Å². The predicted octanol–water partition coefficient (Wildman–Crippen LogP) is 42.4. The van der Waals surface area contributed by atoms with Crippen LogP contribution in [0.15, 0.2) is 526 Å². The molecule has 0 saturated heterocycles. The van der Waals surface area contributed by atoms with E-state index in [0.29, 0.717) is 0 Å². The zero-order chi connectivity index (χ0) is 94.8. The minimum absolute atomic E-state index is 0. The Labute approximate surface area is 861 Å². The van der Waals surface area contributed by atoms with E-state index in [2.05, 4.69) is 542 Å². The van der Waals surface area contributed by atoms with E-state index in [1.54, 1.807) is 0 Å². The SMILES string of the molecule is Brc1ccc(-c2ccc(-c3c4ccccc4cc4c3sc3ccccc34)cc2)cc1.C.c1ccc(-c2ccc(N(c3ccc(-c4ccc(-c5c6ccccc6cc6c5sc5ccccc56)cc4)cc3)c3ccc(-c4ccc(-c5cccc6c5sc5ccc7ccccc7c56)cc4)cc3)cc2)cc1.c1ccc(-c2ccc(Nc3ccc(-c4ccc(-c5cccc6c5sc5ccc7ccccc7c56)cc4)cc3)cc2)cc1. The lowest BCUT2D eigenvalue weighted by molar-refractivity contribution is 1.28. The number of halogens is 1. The summed E-state index contributed by atoms with van der Waals surface area (Å²) < 4.78 is 11.8. The first-order valence-electron chi connectivity index (χ1n) is 48.5. The molecule has 0 bridgehead atoms. The predicted molar refractivity (Wildman–Crippen MR) is 634 cm³/mol. The Hall–Kier alpha value is -16.7. The van der Waals surface area contributed by atoms with Gasteiger partial charge in [0.2, 0.25) is 0 Å². The quantitative estimate of drug-likeness (QED) is 0.110. The van der Waals surface area contributed by atoms with Crippen LogP contribution in [0.1, 0.15) is 7.43 Å². The molecule has 0 amide bonds. The summed E-state index contributed by atoms with van der Waals surface area (Å²) in [7, 11) is 0. The van der Waals surface area contributed by atoms with Crippen LogP contribution in [0.5, 0.6) is 0 Å². The maximum Gasteiger partial charge on any atom is 0.0462 e. The van der Waals surface area contributed by atoms with Gasteiger partial charge in [0.05, 0.1) is 0 Å². The van der Waals surface area contributed by atoms with Crippen molar-refractivity contribution in [2.24, 2.45) is 0 Å². The summed E-state index contributed by atoms with van der Waals surface area (Å²) >= 11 is 11.1. The van der Waals surface area contributed by atoms with Crippen LogP contribution in [0, 0.1) is 0 Å². The van der Waals surface area contributed by atoms with Crippen LogP contribution in [-0.4, -0.2) is 0 Å². The first-order chi connectivity index (χ1) is 70.8. The standard InChI is InChI=1S/C68H43NS2.C40H27NS.C28H17BrS.CH4/c1-2-11-44(12-3-1)47-29-36-54(37-30-47)69(55-38-31-48(32-39-55)45-21-25-51(26-22-45)59-18-10-19-61-66-57-15-6-4-13-50(57)35-42-64(66)71-67(59)61)56-40-33-49(34-41-56)46-23-27-52(28-24-46)65-58-16-7-5-14-53(58)43-62-60-17-8-9-20-63(60)70-68(62)65;1-2-7-27(8-3-1)29-17-22-33(23-18-29)41-34-24-19-30(20-25-34)28-13-15-32(16-14-28)36-11-6-12-37-39-35-10-5-4-9-31(35)21-26-38(39)42-40(36)37;29-22-15-13-19(14-16-22)18-9-11-20(12-10-18)27-23-6-2-1-5-21(23)17-25-24-7-3-4-8-26(24)30-28(25)27;/h1-43H;1-26,41H;1-17H;1H4. The van der Waals surface area contributed by atoms with Gasteiger partial charge < -0.3 is 10.2 Å². The highest BCUT2D eigenvalue weighted by molar-refractivity contribution is 9.10. The average molecular weight is 1970 g/mol. The van der Waals surface area contributed by atoms with Crippen LogP contribution in [0.2, 0.25) is 0 Å². The zero-order valence-electron chi connectivity index (χ0n) is 77.6. The van der Waals surface area contributed by atoms with E-state index < -0.39 is 0 Å². The highest BCUT2D eigenvalue weighted by atomic mass is 79.9. The van der Waals surface area contributed by atoms with Crippen LogP contribution in [0.3, 0.4) is 0 Å². The van der Waals surface area contributed by atoms with Gasteiger partial charge in [0.25, 0.3) is 0 Å². The average Bonchev–Trinajstić information content (AvgIpc) is 1.58. The Bertz CT molecular complexity index is 9660. The molecule has 0 spiro atoms. The first kappa shape index (κ1) is 88.7. The van der Waals surface area contributed by atoms with Crippen LogP contribution in [0.4, 0.5) is 28.4 Å². The summed E-state index contributed by atoms with van der Waals surface area (Å²) in [5.74, 6) is 0. The number of thiophene rings is 4. The van der Waals surface area contributed by atoms with Gasteiger partial charge in [-0.25, -0.2) is 0 Å². The van der Waals surface area contributed by atoms with E-state index in [0.717, 1.165) is 32.9 Å². The van der Waals surface area contributed by atoms with Gasteiger partial charge in [-0.15, -0.1) is 45.3 Å². The highest BCUT2D eigenvalue weighted by Gasteiger charge is 2.23. The summed E-state index contributed by atoms with van der Waals surface area (Å²) in [4.78, 5) is 2.36. The summed E-state index contributed by atoms with van der Waals surface area (Å²) in [6, 6.07) is 190. The normalized spacial score (nSPS) is 11.5. The molecule has 0 fully saturated rings. The molecule has 7 heteroatoms. The van der Waals surface area contributed by atoms with Crippen LogP contribution in [-0.2, 0) is 0 Å². The molecule has 24 aromatic carbocycles. The number of hydrogen-bond donors (Lipinski definition) is 1. The number of rotatable bonds is 15. The number of fused-ring (bicyclic) bond motifs is 18. The molecule has 4 aromatic heterocycles. The smallest absolute Gasteiger partial charge is 0.0462 e. The van der Waals surface area contributed by atoms with Crippen molar-refractivity contribution in [3.8, 4) is 111 Å². The van der Waals surface area contributed by atoms with Gasteiger partial charge in [0.15, 0.2) is 0 Å². The van der Waals surface area contributed by atoms with E-state index in [9.17, 15) is 0 Å². The Morgan fingerprint density at radius 2 is 0.438 bits per heavy atom. The van der Waals surface area contributed by atoms with Crippen LogP contribution in [0.25, 0.3) is 235 Å². The van der Waals surface area contributed by atoms with Crippen molar-refractivity contribution in [1.82, 2.24) is 0 Å². The topological polar surface area (TPSA) is 15.3 Å². The lowest BCUT2D eigenvalue weighted by atomic mass is 9.94. The number of benzene rings is 24. The third-order valence-corrected chi connectivity index (χ3v) is 33.5. The fourth-order valence-corrected chi connectivity index (χ4v) is 26.3. The Morgan fingerprint density at radius 1 is 0.174 bits per heavy atom. The molecule has 144 heavy (non-hydrogen) atoms. The molecular weight excluding hydrogens is 1880 g/mol. The fraction of sp³-hybridized carbons (Fsp3) is 0.00730. The number of anilines is 5. The van der Waals surface area contributed by atoms with E-state index >= 15 is 0 Å². The van der Waals surface area contributed by atoms with Crippen molar-refractivity contribution >= 4 is 213 Å². The molecule has 0 saturated carbocycles. The monoisotopic (exact) mass is 1970 g/mol. The largest absolute Gasteiger partial charge is 0.356 e. The van der Waals surface area contributed by atoms with Gasteiger partial charge in [-0.2, -0.15) is 0 Å². The molecule has 0 aliphatic rings. The van der Waals surface area contributed by atoms with Crippen molar-refractivity contribution in [1.29, 1.82) is 0 Å². The van der Waals surface area contributed by atoms with Crippen LogP contribution < -0.4 is 10.2 Å². The van der Waals surface area contributed by atoms with Gasteiger partial charge in [-0.1, -0.05) is 436 Å². The second kappa shape index (κ2) is 38.4. The van der Waals surface area contributed by atoms with Gasteiger partial charge in [0, 0.05) is 125 Å². The molecule has 28 rings (SSSR count). The lowest BCUT2D eigenvalue weighted by Crippen LogP contribution is -2.09. The molecule has 28 aromatic rings. The molecule has 2 nitrogen and oxygen atoms in total. The van der Waals surface area contributed by atoms with Gasteiger partial charge in [-0.3, -0.25) is 0 Å². The minimum atomic E-state index is 0. The molecule has 0 radical (unpaired) electrons. The van der Waals surface area contributed by atoms with Crippen molar-refractivity contribution in [2.75, 3.05) is 10.2 Å². The molecule has 1 N–H and O–H groups in total. The molecular formula is C137H91BrN2S4. The Morgan fingerprint density at radius 3 is 0.799 bits per heavy atom. The second-order valence-electron chi connectivity index (χ2n) is 36.6. The zero-order valence-corrected chi connectivity index (χ0v) is 82.5. The highest BCUT2D eigenvalue weighted by Crippen LogP contribution is 2.51. The van der Waals surface area contributed by atoms with Crippen molar-refractivity contribution < 1.29 is 0 Å². The van der Waals surface area contributed by atoms with Crippen LogP contribution >= 0.6 is 61.3 Å². The first-order valence-corrected chi connectivity index (χ1v) is 52.5. The van der Waals surface area contributed by atoms with Crippen molar-refractivity contribution in [2.45, 2.75) is 7.43 Å². The van der Waals surface area contributed by atoms with E-state index in [4.69, 9.17) is 0 Å². The molecule has 0 aliphatic heterocycles. The summed E-state index contributed by atoms with van der Waals surface area (Å²) in [5, 5.41) is 24.7. The van der Waals surface area contributed by atoms with Crippen molar-refractivity contribution in [3.05, 3.63) is 526 Å². The van der Waals surface area contributed by atoms with E-state index in [1.807, 2.05) is 51.4 Å². The summed E-state index contributed by atoms with van der Waals surface area (Å²) in [6.07, 6.45) is 0. The molecule has 0 aliphatic carbocycles. The maximum absolute atomic E-state index is 3.53. The third kappa shape index (κ3) is 16.8. The van der Waals surface area contributed by atoms with Gasteiger partial charge in [-0.05, 0) is 252 Å². The number of nitrogens with one attached hydrogen (secondary N) is 1. The molecule has 0 unspecified atom stereocenters. The lowest BCUT2D eigenvalue weighted by Gasteiger charge is -2.26. The minimum Gasteiger partial charge on any atom is -0.356 e. The van der Waals surface area contributed by atoms with Gasteiger partial charge >= 0.3 is 0 Å². The van der Waals surface area contributed by atoms with E-state index in [-0.39, 0.29) is 7.43 Å². The Kier molecular flexibility index (Phi) is 23.6. The molecule has 0 atom stereocenters. The Balaban J connectivity index is 0.000000125. The number of nitrogens with zero attached hydrogens (tertiary/aromatic N) is 1. The number of hydrogen-bond acceptors (Lipinski definition) is 6. The third-order valence-electron chi connectivity index (χ3n) is 28.1. The summed E-state index contributed by atoms with van der Waals surface area (Å²) in [6.45, 7) is 0.